The largest absolute Gasteiger partial charge is 0.573 e. The number of H-pyrrole nitrogens is 1. The van der Waals surface area contributed by atoms with Crippen LogP contribution in [0, 0.1) is 11.6 Å². The molecular formula is C21H12F5NO3. The van der Waals surface area contributed by atoms with Crippen LogP contribution in [0.4, 0.5) is 22.0 Å². The highest BCUT2D eigenvalue weighted by Crippen LogP contribution is 2.25. The predicted molar refractivity (Wildman–Crippen MR) is 99.4 cm³/mol. The Kier molecular flexibility index (Phi) is 4.81. The summed E-state index contributed by atoms with van der Waals surface area (Å²) in [5.74, 6) is -1.77. The number of pyridine rings is 1. The van der Waals surface area contributed by atoms with Crippen molar-refractivity contribution >= 4 is 21.8 Å². The first-order chi connectivity index (χ1) is 14.2. The molecule has 0 aliphatic carbocycles. The summed E-state index contributed by atoms with van der Waals surface area (Å²) >= 11 is 0. The van der Waals surface area contributed by atoms with Crippen LogP contribution in [-0.4, -0.2) is 11.3 Å². The molecule has 4 nitrogen and oxygen atoms in total. The Balaban J connectivity index is 1.58. The predicted octanol–water partition coefficient (Wildman–Crippen LogP) is 5.44. The van der Waals surface area contributed by atoms with E-state index in [9.17, 15) is 26.7 Å². The summed E-state index contributed by atoms with van der Waals surface area (Å²) in [6.07, 6.45) is -4.77. The van der Waals surface area contributed by atoms with Crippen LogP contribution >= 0.6 is 0 Å². The summed E-state index contributed by atoms with van der Waals surface area (Å²) in [7, 11) is 0. The van der Waals surface area contributed by atoms with Crippen LogP contribution in [0.5, 0.6) is 11.5 Å². The van der Waals surface area contributed by atoms with Crippen LogP contribution in [0.1, 0.15) is 5.56 Å². The number of hydrogen-bond donors (Lipinski definition) is 1. The number of alkyl halides is 3. The van der Waals surface area contributed by atoms with Gasteiger partial charge in [0.2, 0.25) is 0 Å². The van der Waals surface area contributed by atoms with E-state index in [0.717, 1.165) is 6.07 Å². The van der Waals surface area contributed by atoms with Gasteiger partial charge in [-0.25, -0.2) is 8.78 Å². The molecule has 0 spiro atoms. The second kappa shape index (κ2) is 7.33. The number of halogens is 5. The molecule has 3 aromatic carbocycles. The van der Waals surface area contributed by atoms with Crippen molar-refractivity contribution in [3.8, 4) is 11.5 Å². The van der Waals surface area contributed by atoms with Gasteiger partial charge in [-0.2, -0.15) is 0 Å². The lowest BCUT2D eigenvalue weighted by molar-refractivity contribution is -0.274. The van der Waals surface area contributed by atoms with E-state index in [1.165, 1.54) is 42.5 Å². The molecule has 0 amide bonds. The Morgan fingerprint density at radius 2 is 1.57 bits per heavy atom. The number of nitrogens with one attached hydrogen (secondary N) is 1. The average Bonchev–Trinajstić information content (AvgIpc) is 2.65. The molecule has 0 unspecified atom stereocenters. The molecule has 1 N–H and O–H groups in total. The average molecular weight is 421 g/mol. The van der Waals surface area contributed by atoms with Crippen LogP contribution < -0.4 is 14.9 Å². The molecule has 0 atom stereocenters. The zero-order chi connectivity index (χ0) is 21.5. The number of rotatable bonds is 4. The van der Waals surface area contributed by atoms with Crippen molar-refractivity contribution in [2.75, 3.05) is 0 Å². The fraction of sp³-hybridized carbons (Fsp3) is 0.0952. The topological polar surface area (TPSA) is 51.3 Å². The Labute approximate surface area is 165 Å². The number of aromatic amines is 1. The summed E-state index contributed by atoms with van der Waals surface area (Å²) in [5, 5.41) is -0.0345. The Morgan fingerprint density at radius 3 is 2.27 bits per heavy atom. The lowest BCUT2D eigenvalue weighted by Crippen LogP contribution is -2.17. The molecular weight excluding hydrogens is 409 g/mol. The van der Waals surface area contributed by atoms with E-state index in [1.54, 1.807) is 0 Å². The fourth-order valence-corrected chi connectivity index (χ4v) is 3.05. The minimum absolute atomic E-state index is 0.0161. The normalized spacial score (nSPS) is 11.8. The maximum atomic E-state index is 14.0. The van der Waals surface area contributed by atoms with E-state index < -0.39 is 23.4 Å². The van der Waals surface area contributed by atoms with Crippen molar-refractivity contribution in [1.82, 2.24) is 4.98 Å². The van der Waals surface area contributed by atoms with Crippen molar-refractivity contribution in [1.29, 1.82) is 0 Å². The second-order valence-electron chi connectivity index (χ2n) is 6.45. The van der Waals surface area contributed by atoms with Gasteiger partial charge in [-0.05, 0) is 35.9 Å². The van der Waals surface area contributed by atoms with Crippen LogP contribution in [0.15, 0.2) is 59.4 Å². The number of hydrogen-bond acceptors (Lipinski definition) is 3. The highest BCUT2D eigenvalue weighted by Gasteiger charge is 2.30. The van der Waals surface area contributed by atoms with Crippen molar-refractivity contribution in [2.45, 2.75) is 13.0 Å². The van der Waals surface area contributed by atoms with Crippen LogP contribution in [0.2, 0.25) is 0 Å². The summed E-state index contributed by atoms with van der Waals surface area (Å²) in [4.78, 5) is 15.3. The van der Waals surface area contributed by atoms with Gasteiger partial charge in [0.1, 0.15) is 29.7 Å². The van der Waals surface area contributed by atoms with Crippen molar-refractivity contribution in [2.24, 2.45) is 0 Å². The maximum absolute atomic E-state index is 14.0. The second-order valence-corrected chi connectivity index (χ2v) is 6.45. The van der Waals surface area contributed by atoms with Gasteiger partial charge in [0, 0.05) is 17.5 Å². The van der Waals surface area contributed by atoms with Gasteiger partial charge < -0.3 is 14.5 Å². The van der Waals surface area contributed by atoms with Crippen molar-refractivity contribution in [3.05, 3.63) is 82.0 Å². The molecule has 0 saturated heterocycles. The van der Waals surface area contributed by atoms with Gasteiger partial charge in [0.25, 0.3) is 0 Å². The minimum Gasteiger partial charge on any atom is -0.489 e. The van der Waals surface area contributed by atoms with E-state index in [0.29, 0.717) is 22.9 Å². The molecule has 1 aromatic heterocycles. The van der Waals surface area contributed by atoms with Crippen molar-refractivity contribution < 1.29 is 31.4 Å². The van der Waals surface area contributed by atoms with E-state index in [1.807, 2.05) is 0 Å². The summed E-state index contributed by atoms with van der Waals surface area (Å²) < 4.78 is 73.5. The standard InChI is InChI=1S/C21H12F5NO3/c22-12-7-16(23)19-18(8-12)27-17-9-14(5-6-15(17)20(19)28)29-10-11-1-3-13(4-2-11)30-21(24,25)26/h1-9H,10H2,(H,27,28). The Hall–Kier alpha value is -3.62. The van der Waals surface area contributed by atoms with Crippen molar-refractivity contribution in [3.63, 3.8) is 0 Å². The number of aromatic nitrogens is 1. The first-order valence-electron chi connectivity index (χ1n) is 8.62. The first-order valence-corrected chi connectivity index (χ1v) is 8.62. The van der Waals surface area contributed by atoms with Crippen LogP contribution in [0.25, 0.3) is 21.8 Å². The summed E-state index contributed by atoms with van der Waals surface area (Å²) in [5.41, 5.74) is 0.343. The Bertz CT molecular complexity index is 1300. The van der Waals surface area contributed by atoms with E-state index in [-0.39, 0.29) is 28.6 Å². The molecule has 4 aromatic rings. The SMILES string of the molecule is O=c1c2ccc(OCc3ccc(OC(F)(F)F)cc3)cc2[nH]c2cc(F)cc(F)c12. The zero-order valence-electron chi connectivity index (χ0n) is 15.0. The van der Waals surface area contributed by atoms with Gasteiger partial charge in [-0.1, -0.05) is 12.1 Å². The highest BCUT2D eigenvalue weighted by molar-refractivity contribution is 5.93. The van der Waals surface area contributed by atoms with E-state index in [4.69, 9.17) is 4.74 Å². The first kappa shape index (κ1) is 19.7. The molecule has 0 saturated carbocycles. The van der Waals surface area contributed by atoms with Gasteiger partial charge in [-0.3, -0.25) is 4.79 Å². The monoisotopic (exact) mass is 421 g/mol. The fourth-order valence-electron chi connectivity index (χ4n) is 3.05. The molecule has 9 heteroatoms. The maximum Gasteiger partial charge on any atom is 0.573 e. The third-order valence-corrected chi connectivity index (χ3v) is 4.35. The van der Waals surface area contributed by atoms with Crippen LogP contribution in [-0.2, 0) is 6.61 Å². The zero-order valence-corrected chi connectivity index (χ0v) is 15.0. The molecule has 0 bridgehead atoms. The van der Waals surface area contributed by atoms with E-state index in [2.05, 4.69) is 9.72 Å². The molecule has 1 heterocycles. The van der Waals surface area contributed by atoms with Crippen LogP contribution in [0.3, 0.4) is 0 Å². The number of ether oxygens (including phenoxy) is 2. The smallest absolute Gasteiger partial charge is 0.489 e. The Morgan fingerprint density at radius 1 is 0.867 bits per heavy atom. The molecule has 0 radical (unpaired) electrons. The molecule has 0 aliphatic rings. The number of fused-ring (bicyclic) bond motifs is 2. The van der Waals surface area contributed by atoms with Gasteiger partial charge in [0.15, 0.2) is 5.43 Å². The van der Waals surface area contributed by atoms with E-state index >= 15 is 0 Å². The van der Waals surface area contributed by atoms with Gasteiger partial charge in [0.05, 0.1) is 16.4 Å². The lowest BCUT2D eigenvalue weighted by Gasteiger charge is -2.11. The quantitative estimate of drug-likeness (QED) is 0.353. The third kappa shape index (κ3) is 4.05. The van der Waals surface area contributed by atoms with Gasteiger partial charge in [-0.15, -0.1) is 13.2 Å². The van der Waals surface area contributed by atoms with Gasteiger partial charge >= 0.3 is 6.36 Å². The summed E-state index contributed by atoms with van der Waals surface area (Å²) in [6, 6.07) is 11.3. The highest BCUT2D eigenvalue weighted by atomic mass is 19.4. The molecule has 154 valence electrons. The summed E-state index contributed by atoms with van der Waals surface area (Å²) in [6.45, 7) is 0.0405. The number of benzene rings is 3. The molecule has 4 rings (SSSR count). The lowest BCUT2D eigenvalue weighted by atomic mass is 10.1. The third-order valence-electron chi connectivity index (χ3n) is 4.35. The molecule has 30 heavy (non-hydrogen) atoms. The molecule has 0 aliphatic heterocycles. The minimum atomic E-state index is -4.77. The molecule has 0 fully saturated rings.